The van der Waals surface area contributed by atoms with Crippen molar-refractivity contribution < 1.29 is 13.3 Å². The van der Waals surface area contributed by atoms with E-state index in [4.69, 9.17) is 13.3 Å². The highest BCUT2D eigenvalue weighted by molar-refractivity contribution is 7.80. The molecule has 0 rings (SSSR count). The lowest BCUT2D eigenvalue weighted by Crippen LogP contribution is -2.42. The molecule has 0 bridgehead atoms. The summed E-state index contributed by atoms with van der Waals surface area (Å²) in [4.78, 5) is 0. The van der Waals surface area contributed by atoms with Crippen LogP contribution in [0, 0.1) is 0 Å². The zero-order valence-electron chi connectivity index (χ0n) is 7.70. The van der Waals surface area contributed by atoms with Crippen LogP contribution in [0.3, 0.4) is 0 Å². The van der Waals surface area contributed by atoms with E-state index < -0.39 is 8.80 Å². The highest BCUT2D eigenvalue weighted by atomic mass is 35.5. The maximum Gasteiger partial charge on any atom is 0.500 e. The number of thiol groups is 1. The first-order chi connectivity index (χ1) is 5.24. The van der Waals surface area contributed by atoms with Crippen molar-refractivity contribution in [2.45, 2.75) is 12.5 Å². The van der Waals surface area contributed by atoms with Gasteiger partial charge in [0.25, 0.3) is 0 Å². The molecule has 0 amide bonds. The smallest absolute Gasteiger partial charge is 0.377 e. The molecule has 76 valence electrons. The number of hydrogen-bond acceptors (Lipinski definition) is 4. The van der Waals surface area contributed by atoms with Crippen molar-refractivity contribution in [3.8, 4) is 0 Å². The second-order valence-electron chi connectivity index (χ2n) is 2.12. The van der Waals surface area contributed by atoms with E-state index in [2.05, 4.69) is 12.6 Å². The van der Waals surface area contributed by atoms with Crippen molar-refractivity contribution in [1.82, 2.24) is 0 Å². The molecule has 0 N–H and O–H groups in total. The Kier molecular flexibility index (Phi) is 10.6. The van der Waals surface area contributed by atoms with Gasteiger partial charge in [-0.15, -0.1) is 12.4 Å². The summed E-state index contributed by atoms with van der Waals surface area (Å²) in [6.07, 6.45) is 0.963. The first kappa shape index (κ1) is 15.2. The minimum Gasteiger partial charge on any atom is -0.377 e. The van der Waals surface area contributed by atoms with Crippen molar-refractivity contribution in [3.05, 3.63) is 0 Å². The maximum atomic E-state index is 5.20. The second kappa shape index (κ2) is 8.34. The van der Waals surface area contributed by atoms with Crippen LogP contribution in [0.2, 0.25) is 6.04 Å². The molecule has 0 spiro atoms. The van der Waals surface area contributed by atoms with E-state index in [9.17, 15) is 0 Å². The Labute approximate surface area is 87.0 Å². The zero-order chi connectivity index (χ0) is 8.74. The molecule has 0 aliphatic heterocycles. The minimum absolute atomic E-state index is 0. The molecule has 0 saturated heterocycles. The quantitative estimate of drug-likeness (QED) is 0.557. The predicted molar refractivity (Wildman–Crippen MR) is 57.3 cm³/mol. The molecule has 0 heterocycles. The van der Waals surface area contributed by atoms with Gasteiger partial charge in [0.05, 0.1) is 0 Å². The average molecular weight is 233 g/mol. The van der Waals surface area contributed by atoms with E-state index >= 15 is 0 Å². The van der Waals surface area contributed by atoms with Crippen molar-refractivity contribution >= 4 is 33.8 Å². The van der Waals surface area contributed by atoms with Gasteiger partial charge in [-0.1, -0.05) is 0 Å². The molecule has 0 aliphatic rings. The number of halogens is 1. The maximum absolute atomic E-state index is 5.20. The summed E-state index contributed by atoms with van der Waals surface area (Å²) in [6.45, 7) is 0. The lowest BCUT2D eigenvalue weighted by molar-refractivity contribution is 0.123. The summed E-state index contributed by atoms with van der Waals surface area (Å²) in [5.41, 5.74) is 0. The average Bonchev–Trinajstić information content (AvgIpc) is 2.08. The highest BCUT2D eigenvalue weighted by Crippen LogP contribution is 2.14. The van der Waals surface area contributed by atoms with Crippen molar-refractivity contribution in [3.63, 3.8) is 0 Å². The summed E-state index contributed by atoms with van der Waals surface area (Å²) >= 11 is 4.10. The Bertz CT molecular complexity index is 94.5. The second-order valence-corrected chi connectivity index (χ2v) is 5.66. The fraction of sp³-hybridized carbons (Fsp3) is 1.00. The fourth-order valence-corrected chi connectivity index (χ4v) is 3.03. The van der Waals surface area contributed by atoms with Crippen molar-refractivity contribution in [2.24, 2.45) is 0 Å². The van der Waals surface area contributed by atoms with Gasteiger partial charge in [0.1, 0.15) is 0 Å². The van der Waals surface area contributed by atoms with Gasteiger partial charge in [-0.3, -0.25) is 0 Å². The lowest BCUT2D eigenvalue weighted by atomic mass is 10.6. The minimum atomic E-state index is -2.29. The first-order valence-corrected chi connectivity index (χ1v) is 6.07. The topological polar surface area (TPSA) is 27.7 Å². The zero-order valence-corrected chi connectivity index (χ0v) is 10.4. The van der Waals surface area contributed by atoms with E-state index in [1.807, 2.05) is 0 Å². The molecule has 0 aromatic carbocycles. The van der Waals surface area contributed by atoms with E-state index in [-0.39, 0.29) is 12.4 Å². The Morgan fingerprint density at radius 3 is 1.75 bits per heavy atom. The molecule has 12 heavy (non-hydrogen) atoms. The van der Waals surface area contributed by atoms with Crippen LogP contribution in [0.4, 0.5) is 0 Å². The van der Waals surface area contributed by atoms with Crippen LogP contribution in [0.15, 0.2) is 0 Å². The molecule has 6 heteroatoms. The van der Waals surface area contributed by atoms with Crippen LogP contribution in [0.25, 0.3) is 0 Å². The van der Waals surface area contributed by atoms with Crippen molar-refractivity contribution in [2.75, 3.05) is 27.1 Å². The number of rotatable bonds is 6. The van der Waals surface area contributed by atoms with Gasteiger partial charge < -0.3 is 13.3 Å². The summed E-state index contributed by atoms with van der Waals surface area (Å²) < 4.78 is 15.6. The van der Waals surface area contributed by atoms with Gasteiger partial charge in [-0.25, -0.2) is 0 Å². The molecule has 0 aromatic rings. The molecule has 0 aliphatic carbocycles. The summed E-state index contributed by atoms with van der Waals surface area (Å²) in [5, 5.41) is 0. The molecule has 0 saturated carbocycles. The third-order valence-electron chi connectivity index (χ3n) is 1.57. The fourth-order valence-electron chi connectivity index (χ4n) is 0.852. The predicted octanol–water partition coefficient (Wildman–Crippen LogP) is 1.61. The monoisotopic (exact) mass is 232 g/mol. The van der Waals surface area contributed by atoms with Crippen LogP contribution in [0.5, 0.6) is 0 Å². The summed E-state index contributed by atoms with van der Waals surface area (Å²) in [7, 11) is 2.58. The van der Waals surface area contributed by atoms with Crippen molar-refractivity contribution in [1.29, 1.82) is 0 Å². The molecule has 3 nitrogen and oxygen atoms in total. The molecule has 0 atom stereocenters. The van der Waals surface area contributed by atoms with Gasteiger partial charge in [0.15, 0.2) is 0 Å². The lowest BCUT2D eigenvalue weighted by Gasteiger charge is -2.23. The Morgan fingerprint density at radius 1 is 1.08 bits per heavy atom. The van der Waals surface area contributed by atoms with Gasteiger partial charge in [0.2, 0.25) is 0 Å². The molecule has 0 aromatic heterocycles. The van der Waals surface area contributed by atoms with Gasteiger partial charge in [0, 0.05) is 27.4 Å². The first-order valence-electron chi connectivity index (χ1n) is 3.51. The standard InChI is InChI=1S/C6H16O3SSi.ClH/c1-7-11(8-2,9-3)6-4-5-10;/h10H,4-6H2,1-3H3;1H. The summed E-state index contributed by atoms with van der Waals surface area (Å²) in [5.74, 6) is 0.838. The molecule has 0 fully saturated rings. The van der Waals surface area contributed by atoms with Gasteiger partial charge in [-0.05, 0) is 12.2 Å². The molecule has 0 radical (unpaired) electrons. The third-order valence-corrected chi connectivity index (χ3v) is 4.72. The molecule has 0 unspecified atom stereocenters. The van der Waals surface area contributed by atoms with Gasteiger partial charge in [-0.2, -0.15) is 12.6 Å². The van der Waals surface area contributed by atoms with Gasteiger partial charge >= 0.3 is 8.80 Å². The molecular formula is C6H17ClO3SSi. The van der Waals surface area contributed by atoms with Crippen LogP contribution < -0.4 is 0 Å². The van der Waals surface area contributed by atoms with E-state index in [1.165, 1.54) is 0 Å². The van der Waals surface area contributed by atoms with E-state index in [1.54, 1.807) is 21.3 Å². The van der Waals surface area contributed by atoms with Crippen LogP contribution >= 0.6 is 25.0 Å². The largest absolute Gasteiger partial charge is 0.500 e. The normalized spacial score (nSPS) is 11.0. The van der Waals surface area contributed by atoms with Crippen LogP contribution in [-0.4, -0.2) is 35.9 Å². The Balaban J connectivity index is 0. The SMILES string of the molecule is CO[Si](CCCS)(OC)OC.Cl. The third kappa shape index (κ3) is 4.69. The van der Waals surface area contributed by atoms with Crippen LogP contribution in [0.1, 0.15) is 6.42 Å². The Hall–Kier alpha value is 0.737. The van der Waals surface area contributed by atoms with E-state index in [0.29, 0.717) is 0 Å². The number of hydrogen-bond donors (Lipinski definition) is 1. The molecular weight excluding hydrogens is 216 g/mol. The Morgan fingerprint density at radius 2 is 1.50 bits per heavy atom. The summed E-state index contributed by atoms with van der Waals surface area (Å²) in [6, 6.07) is 0.833. The highest BCUT2D eigenvalue weighted by Gasteiger charge is 2.36. The van der Waals surface area contributed by atoms with Crippen LogP contribution in [-0.2, 0) is 13.3 Å². The van der Waals surface area contributed by atoms with E-state index in [0.717, 1.165) is 18.2 Å².